The summed E-state index contributed by atoms with van der Waals surface area (Å²) in [6.07, 6.45) is 5.18. The molecule has 1 fully saturated rings. The first-order valence-corrected chi connectivity index (χ1v) is 6.80. The fourth-order valence-electron chi connectivity index (χ4n) is 2.44. The summed E-state index contributed by atoms with van der Waals surface area (Å²) in [6, 6.07) is 0.558. The van der Waals surface area contributed by atoms with E-state index in [2.05, 4.69) is 9.88 Å². The minimum absolute atomic E-state index is 0.186. The van der Waals surface area contributed by atoms with Gasteiger partial charge in [-0.15, -0.1) is 11.3 Å². The van der Waals surface area contributed by atoms with Gasteiger partial charge < -0.3 is 5.11 Å². The second-order valence-electron chi connectivity index (χ2n) is 4.70. The monoisotopic (exact) mass is 240 g/mol. The van der Waals surface area contributed by atoms with Gasteiger partial charge in [-0.05, 0) is 39.7 Å². The minimum Gasteiger partial charge on any atom is -0.393 e. The molecule has 1 aliphatic heterocycles. The van der Waals surface area contributed by atoms with Gasteiger partial charge in [-0.2, -0.15) is 0 Å². The first-order valence-electron chi connectivity index (χ1n) is 5.98. The molecule has 4 heteroatoms. The summed E-state index contributed by atoms with van der Waals surface area (Å²) in [5.74, 6) is 0. The number of aliphatic hydroxyl groups excluding tert-OH is 1. The van der Waals surface area contributed by atoms with Gasteiger partial charge in [0.1, 0.15) is 0 Å². The molecule has 0 radical (unpaired) electrons. The molecule has 2 rings (SSSR count). The van der Waals surface area contributed by atoms with Crippen molar-refractivity contribution in [1.29, 1.82) is 0 Å². The van der Waals surface area contributed by atoms with E-state index < -0.39 is 0 Å². The first kappa shape index (κ1) is 12.0. The maximum atomic E-state index is 9.46. The molecule has 1 aromatic rings. The second-order valence-corrected chi connectivity index (χ2v) is 6.02. The van der Waals surface area contributed by atoms with Gasteiger partial charge in [0.15, 0.2) is 0 Å². The van der Waals surface area contributed by atoms with E-state index >= 15 is 0 Å². The van der Waals surface area contributed by atoms with E-state index in [9.17, 15) is 5.11 Å². The number of hydrogen-bond acceptors (Lipinski definition) is 4. The van der Waals surface area contributed by atoms with Crippen LogP contribution in [0, 0.1) is 6.92 Å². The minimum atomic E-state index is -0.186. The van der Waals surface area contributed by atoms with Gasteiger partial charge in [-0.25, -0.2) is 4.98 Å². The Morgan fingerprint density at radius 3 is 3.12 bits per heavy atom. The van der Waals surface area contributed by atoms with Crippen LogP contribution in [0.5, 0.6) is 0 Å². The zero-order chi connectivity index (χ0) is 11.5. The Labute approximate surface area is 101 Å². The van der Waals surface area contributed by atoms with Crippen molar-refractivity contribution in [2.75, 3.05) is 6.54 Å². The molecule has 0 bridgehead atoms. The Hall–Kier alpha value is -0.450. The summed E-state index contributed by atoms with van der Waals surface area (Å²) in [5, 5.41) is 10.6. The zero-order valence-electron chi connectivity index (χ0n) is 10.0. The predicted octanol–water partition coefficient (Wildman–Crippen LogP) is 2.19. The van der Waals surface area contributed by atoms with Gasteiger partial charge in [-0.3, -0.25) is 4.90 Å². The zero-order valence-corrected chi connectivity index (χ0v) is 10.8. The number of rotatable bonds is 4. The van der Waals surface area contributed by atoms with Crippen LogP contribution in [0.3, 0.4) is 0 Å². The Balaban J connectivity index is 1.93. The summed E-state index contributed by atoms with van der Waals surface area (Å²) < 4.78 is 0. The summed E-state index contributed by atoms with van der Waals surface area (Å²) in [7, 11) is 0. The lowest BCUT2D eigenvalue weighted by molar-refractivity contribution is 0.131. The average molecular weight is 240 g/mol. The molecular formula is C12H20N2OS. The third-order valence-electron chi connectivity index (χ3n) is 3.14. The lowest BCUT2D eigenvalue weighted by Gasteiger charge is -2.24. The summed E-state index contributed by atoms with van der Waals surface area (Å²) in [4.78, 5) is 8.12. The molecule has 90 valence electrons. The molecule has 0 amide bonds. The number of nitrogens with zero attached hydrogens (tertiary/aromatic N) is 2. The molecule has 1 N–H and O–H groups in total. The van der Waals surface area contributed by atoms with Crippen LogP contribution in [-0.2, 0) is 6.54 Å². The van der Waals surface area contributed by atoms with Gasteiger partial charge in [0, 0.05) is 23.7 Å². The quantitative estimate of drug-likeness (QED) is 0.876. The molecule has 1 aromatic heterocycles. The van der Waals surface area contributed by atoms with Crippen molar-refractivity contribution in [2.24, 2.45) is 0 Å². The van der Waals surface area contributed by atoms with Crippen molar-refractivity contribution in [3.8, 4) is 0 Å². The Kier molecular flexibility index (Phi) is 3.95. The van der Waals surface area contributed by atoms with Crippen LogP contribution >= 0.6 is 11.3 Å². The molecule has 2 atom stereocenters. The third kappa shape index (κ3) is 3.03. The number of likely N-dealkylation sites (tertiary alicyclic amines) is 1. The molecule has 3 nitrogen and oxygen atoms in total. The van der Waals surface area contributed by atoms with Crippen LogP contribution in [0.4, 0.5) is 0 Å². The maximum Gasteiger partial charge on any atom is 0.0897 e. The summed E-state index contributed by atoms with van der Waals surface area (Å²) >= 11 is 1.78. The Bertz CT molecular complexity index is 338. The van der Waals surface area contributed by atoms with E-state index in [0.29, 0.717) is 6.04 Å². The summed E-state index contributed by atoms with van der Waals surface area (Å²) in [5.41, 5.74) is 0. The predicted molar refractivity (Wildman–Crippen MR) is 66.6 cm³/mol. The van der Waals surface area contributed by atoms with E-state index in [1.165, 1.54) is 17.7 Å². The molecule has 2 unspecified atom stereocenters. The SMILES string of the molecule is Cc1ncc(CN2CCCC2CC(C)O)s1. The van der Waals surface area contributed by atoms with Crippen molar-refractivity contribution >= 4 is 11.3 Å². The maximum absolute atomic E-state index is 9.46. The van der Waals surface area contributed by atoms with E-state index in [-0.39, 0.29) is 6.10 Å². The number of aliphatic hydroxyl groups is 1. The smallest absolute Gasteiger partial charge is 0.0897 e. The molecule has 16 heavy (non-hydrogen) atoms. The fraction of sp³-hybridized carbons (Fsp3) is 0.750. The standard InChI is InChI=1S/C12H20N2OS/c1-9(15)6-11-4-3-5-14(11)8-12-7-13-10(2)16-12/h7,9,11,15H,3-6,8H2,1-2H3. The van der Waals surface area contributed by atoms with E-state index in [0.717, 1.165) is 24.5 Å². The lowest BCUT2D eigenvalue weighted by Crippen LogP contribution is -2.31. The highest BCUT2D eigenvalue weighted by Gasteiger charge is 2.25. The number of aryl methyl sites for hydroxylation is 1. The first-order chi connectivity index (χ1) is 7.65. The van der Waals surface area contributed by atoms with Crippen LogP contribution in [0.15, 0.2) is 6.20 Å². The van der Waals surface area contributed by atoms with Crippen LogP contribution in [-0.4, -0.2) is 33.7 Å². The van der Waals surface area contributed by atoms with Crippen LogP contribution in [0.25, 0.3) is 0 Å². The van der Waals surface area contributed by atoms with Crippen molar-refractivity contribution in [2.45, 2.75) is 51.8 Å². The fourth-order valence-corrected chi connectivity index (χ4v) is 3.26. The van der Waals surface area contributed by atoms with Gasteiger partial charge in [0.25, 0.3) is 0 Å². The number of thiazole rings is 1. The molecular weight excluding hydrogens is 220 g/mol. The third-order valence-corrected chi connectivity index (χ3v) is 4.04. The Morgan fingerprint density at radius 2 is 2.50 bits per heavy atom. The molecule has 1 saturated heterocycles. The highest BCUT2D eigenvalue weighted by atomic mass is 32.1. The lowest BCUT2D eigenvalue weighted by atomic mass is 10.1. The van der Waals surface area contributed by atoms with Gasteiger partial charge in [0.2, 0.25) is 0 Å². The van der Waals surface area contributed by atoms with E-state index in [1.807, 2.05) is 20.0 Å². The highest BCUT2D eigenvalue weighted by Crippen LogP contribution is 2.25. The number of hydrogen-bond donors (Lipinski definition) is 1. The summed E-state index contributed by atoms with van der Waals surface area (Å²) in [6.45, 7) is 6.09. The Morgan fingerprint density at radius 1 is 1.69 bits per heavy atom. The largest absolute Gasteiger partial charge is 0.393 e. The van der Waals surface area contributed by atoms with Crippen molar-refractivity contribution < 1.29 is 5.11 Å². The normalized spacial score (nSPS) is 23.8. The van der Waals surface area contributed by atoms with Gasteiger partial charge >= 0.3 is 0 Å². The average Bonchev–Trinajstić information content (AvgIpc) is 2.77. The van der Waals surface area contributed by atoms with Crippen molar-refractivity contribution in [3.05, 3.63) is 16.1 Å². The van der Waals surface area contributed by atoms with Crippen LogP contribution in [0.1, 0.15) is 36.1 Å². The van der Waals surface area contributed by atoms with Gasteiger partial charge in [0.05, 0.1) is 11.1 Å². The van der Waals surface area contributed by atoms with Crippen molar-refractivity contribution in [3.63, 3.8) is 0 Å². The van der Waals surface area contributed by atoms with Crippen LogP contribution in [0.2, 0.25) is 0 Å². The topological polar surface area (TPSA) is 36.4 Å². The molecule has 0 aromatic carbocycles. The van der Waals surface area contributed by atoms with E-state index in [4.69, 9.17) is 0 Å². The molecule has 0 spiro atoms. The van der Waals surface area contributed by atoms with Crippen molar-refractivity contribution in [1.82, 2.24) is 9.88 Å². The molecule has 2 heterocycles. The van der Waals surface area contributed by atoms with E-state index in [1.54, 1.807) is 11.3 Å². The second kappa shape index (κ2) is 5.25. The van der Waals surface area contributed by atoms with Gasteiger partial charge in [-0.1, -0.05) is 0 Å². The number of aromatic nitrogens is 1. The molecule has 1 aliphatic rings. The highest BCUT2D eigenvalue weighted by molar-refractivity contribution is 7.11. The molecule has 0 saturated carbocycles. The molecule has 0 aliphatic carbocycles. The van der Waals surface area contributed by atoms with Crippen LogP contribution < -0.4 is 0 Å².